The maximum Gasteiger partial charge on any atom is 0.271 e. The van der Waals surface area contributed by atoms with Gasteiger partial charge in [-0.15, -0.1) is 0 Å². The highest BCUT2D eigenvalue weighted by Crippen LogP contribution is 2.41. The number of hydrogen-bond acceptors (Lipinski definition) is 5. The van der Waals surface area contributed by atoms with Crippen molar-refractivity contribution in [3.8, 4) is 0 Å². The third-order valence-electron chi connectivity index (χ3n) is 6.22. The summed E-state index contributed by atoms with van der Waals surface area (Å²) in [4.78, 5) is 49.8. The predicted molar refractivity (Wildman–Crippen MR) is 99.2 cm³/mol. The topological polar surface area (TPSA) is 89.6 Å². The van der Waals surface area contributed by atoms with E-state index in [9.17, 15) is 14.4 Å². The number of hydrogen-bond donors (Lipinski definition) is 1. The van der Waals surface area contributed by atoms with Gasteiger partial charge in [0.1, 0.15) is 5.69 Å². The molecule has 3 fully saturated rings. The van der Waals surface area contributed by atoms with Crippen LogP contribution >= 0.6 is 0 Å². The SMILES string of the molecule is CN(C)C[C@H]1[C@H]2C[C@H](CN(C(=O)c3cncc(=O)[nH]3)C2)[C@@H]2CCCC(=O)N21. The number of likely N-dealkylation sites (N-methyl/N-ethyl adjacent to an activating group) is 1. The highest BCUT2D eigenvalue weighted by Gasteiger charge is 2.50. The summed E-state index contributed by atoms with van der Waals surface area (Å²) in [6.07, 6.45) is 6.22. The normalized spacial score (nSPS) is 30.4. The molecular weight excluding hydrogens is 346 g/mol. The summed E-state index contributed by atoms with van der Waals surface area (Å²) in [7, 11) is 4.06. The highest BCUT2D eigenvalue weighted by atomic mass is 16.2. The molecule has 0 aromatic carbocycles. The smallest absolute Gasteiger partial charge is 0.271 e. The van der Waals surface area contributed by atoms with Gasteiger partial charge in [-0.3, -0.25) is 19.4 Å². The molecule has 8 heteroatoms. The van der Waals surface area contributed by atoms with Gasteiger partial charge in [0.05, 0.1) is 12.4 Å². The van der Waals surface area contributed by atoms with E-state index in [0.29, 0.717) is 25.4 Å². The second-order valence-corrected chi connectivity index (χ2v) is 8.37. The van der Waals surface area contributed by atoms with Crippen molar-refractivity contribution in [2.75, 3.05) is 33.7 Å². The maximum atomic E-state index is 13.0. The predicted octanol–water partition coefficient (Wildman–Crippen LogP) is 0.173. The molecule has 3 saturated heterocycles. The van der Waals surface area contributed by atoms with E-state index in [0.717, 1.165) is 25.8 Å². The Hall–Kier alpha value is -2.22. The molecule has 1 aromatic rings. The number of rotatable bonds is 3. The molecule has 2 bridgehead atoms. The zero-order valence-corrected chi connectivity index (χ0v) is 15.9. The molecule has 3 aliphatic heterocycles. The Bertz CT molecular complexity index is 792. The molecule has 0 radical (unpaired) electrons. The van der Waals surface area contributed by atoms with Crippen LogP contribution in [0.2, 0.25) is 0 Å². The number of aromatic nitrogens is 2. The van der Waals surface area contributed by atoms with E-state index in [1.54, 1.807) is 0 Å². The van der Waals surface area contributed by atoms with Crippen LogP contribution in [0.4, 0.5) is 0 Å². The first kappa shape index (κ1) is 18.2. The number of nitrogens with one attached hydrogen (secondary N) is 1. The molecular formula is C19H27N5O3. The van der Waals surface area contributed by atoms with Crippen molar-refractivity contribution >= 4 is 11.8 Å². The first-order valence-corrected chi connectivity index (χ1v) is 9.73. The van der Waals surface area contributed by atoms with Crippen LogP contribution in [0.5, 0.6) is 0 Å². The molecule has 27 heavy (non-hydrogen) atoms. The zero-order valence-electron chi connectivity index (χ0n) is 15.9. The van der Waals surface area contributed by atoms with E-state index in [1.165, 1.54) is 12.4 Å². The second kappa shape index (κ2) is 7.07. The lowest BCUT2D eigenvalue weighted by Crippen LogP contribution is -2.67. The quantitative estimate of drug-likeness (QED) is 0.816. The van der Waals surface area contributed by atoms with E-state index >= 15 is 0 Å². The van der Waals surface area contributed by atoms with Crippen molar-refractivity contribution in [1.29, 1.82) is 0 Å². The highest BCUT2D eigenvalue weighted by molar-refractivity contribution is 5.92. The molecule has 0 spiro atoms. The number of carbonyl (C=O) groups excluding carboxylic acids is 2. The lowest BCUT2D eigenvalue weighted by molar-refractivity contribution is -0.152. The lowest BCUT2D eigenvalue weighted by Gasteiger charge is -2.57. The molecule has 146 valence electrons. The average molecular weight is 373 g/mol. The van der Waals surface area contributed by atoms with Gasteiger partial charge in [-0.05, 0) is 45.2 Å². The molecule has 3 aliphatic rings. The molecule has 0 saturated carbocycles. The van der Waals surface area contributed by atoms with E-state index in [4.69, 9.17) is 0 Å². The van der Waals surface area contributed by atoms with Crippen molar-refractivity contribution in [2.45, 2.75) is 37.8 Å². The summed E-state index contributed by atoms with van der Waals surface area (Å²) in [5, 5.41) is 0. The van der Waals surface area contributed by atoms with Crippen molar-refractivity contribution < 1.29 is 9.59 Å². The number of likely N-dealkylation sites (tertiary alicyclic amines) is 1. The molecule has 1 N–H and O–H groups in total. The minimum Gasteiger partial charge on any atom is -0.337 e. The third kappa shape index (κ3) is 3.38. The Kier molecular flexibility index (Phi) is 4.75. The Morgan fingerprint density at radius 3 is 2.78 bits per heavy atom. The fraction of sp³-hybridized carbons (Fsp3) is 0.684. The van der Waals surface area contributed by atoms with Crippen molar-refractivity contribution in [3.05, 3.63) is 28.4 Å². The number of aromatic amines is 1. The number of fused-ring (bicyclic) bond motifs is 4. The fourth-order valence-corrected chi connectivity index (χ4v) is 5.21. The molecule has 4 heterocycles. The van der Waals surface area contributed by atoms with E-state index in [2.05, 4.69) is 19.8 Å². The fourth-order valence-electron chi connectivity index (χ4n) is 5.21. The summed E-state index contributed by atoms with van der Waals surface area (Å²) in [6.45, 7) is 2.06. The van der Waals surface area contributed by atoms with Gasteiger partial charge in [0, 0.05) is 38.1 Å². The molecule has 0 unspecified atom stereocenters. The summed E-state index contributed by atoms with van der Waals surface area (Å²) < 4.78 is 0. The standard InChI is InChI=1S/C19H27N5O3/c1-22(2)11-16-13-6-12(15-4-3-5-18(26)24(15)16)9-23(10-13)19(27)14-7-20-8-17(25)21-14/h7-8,12-13,15-16H,3-6,9-11H2,1-2H3,(H,21,25)/t12-,13+,15+,16+/m1/s1. The van der Waals surface area contributed by atoms with Crippen LogP contribution in [0.25, 0.3) is 0 Å². The minimum atomic E-state index is -0.368. The van der Waals surface area contributed by atoms with Gasteiger partial charge >= 0.3 is 0 Å². The van der Waals surface area contributed by atoms with E-state index in [-0.39, 0.29) is 41.1 Å². The summed E-state index contributed by atoms with van der Waals surface area (Å²) >= 11 is 0. The average Bonchev–Trinajstić information content (AvgIpc) is 2.64. The van der Waals surface area contributed by atoms with Crippen LogP contribution in [-0.2, 0) is 4.79 Å². The van der Waals surface area contributed by atoms with Gasteiger partial charge < -0.3 is 19.7 Å². The van der Waals surface area contributed by atoms with Crippen molar-refractivity contribution in [3.63, 3.8) is 0 Å². The summed E-state index contributed by atoms with van der Waals surface area (Å²) in [6, 6.07) is 0.355. The Labute approximate surface area is 158 Å². The molecule has 8 nitrogen and oxygen atoms in total. The third-order valence-corrected chi connectivity index (χ3v) is 6.22. The molecule has 2 amide bonds. The first-order valence-electron chi connectivity index (χ1n) is 9.73. The van der Waals surface area contributed by atoms with Gasteiger partial charge in [-0.2, -0.15) is 0 Å². The van der Waals surface area contributed by atoms with E-state index < -0.39 is 0 Å². The summed E-state index contributed by atoms with van der Waals surface area (Å²) in [5.74, 6) is 0.661. The minimum absolute atomic E-state index is 0.137. The monoisotopic (exact) mass is 373 g/mol. The van der Waals surface area contributed by atoms with Crippen LogP contribution < -0.4 is 5.56 Å². The van der Waals surface area contributed by atoms with Crippen molar-refractivity contribution in [2.24, 2.45) is 11.8 Å². The molecule has 4 atom stereocenters. The first-order chi connectivity index (χ1) is 12.9. The number of H-pyrrole nitrogens is 1. The lowest BCUT2D eigenvalue weighted by atomic mass is 9.72. The molecule has 0 aliphatic carbocycles. The van der Waals surface area contributed by atoms with Crippen LogP contribution in [0.15, 0.2) is 17.2 Å². The molecule has 4 rings (SSSR count). The molecule has 1 aromatic heterocycles. The van der Waals surface area contributed by atoms with Gasteiger partial charge in [0.2, 0.25) is 5.91 Å². The number of carbonyl (C=O) groups is 2. The Morgan fingerprint density at radius 1 is 1.26 bits per heavy atom. The van der Waals surface area contributed by atoms with Gasteiger partial charge in [0.15, 0.2) is 0 Å². The maximum absolute atomic E-state index is 13.0. The van der Waals surface area contributed by atoms with Crippen LogP contribution in [0, 0.1) is 11.8 Å². The largest absolute Gasteiger partial charge is 0.337 e. The van der Waals surface area contributed by atoms with Gasteiger partial charge in [-0.25, -0.2) is 0 Å². The van der Waals surface area contributed by atoms with Gasteiger partial charge in [0.25, 0.3) is 11.5 Å². The van der Waals surface area contributed by atoms with Crippen LogP contribution in [0.3, 0.4) is 0 Å². The summed E-state index contributed by atoms with van der Waals surface area (Å²) in [5.41, 5.74) is -0.129. The zero-order chi connectivity index (χ0) is 19.1. The number of piperidine rings is 3. The Morgan fingerprint density at radius 2 is 2.04 bits per heavy atom. The van der Waals surface area contributed by atoms with Gasteiger partial charge in [-0.1, -0.05) is 0 Å². The Balaban J connectivity index is 1.61. The second-order valence-electron chi connectivity index (χ2n) is 8.37. The van der Waals surface area contributed by atoms with Crippen molar-refractivity contribution in [1.82, 2.24) is 24.7 Å². The van der Waals surface area contributed by atoms with Crippen LogP contribution in [0.1, 0.15) is 36.2 Å². The van der Waals surface area contributed by atoms with E-state index in [1.807, 2.05) is 19.0 Å². The van der Waals surface area contributed by atoms with Crippen LogP contribution in [-0.4, -0.2) is 82.3 Å². The number of nitrogens with zero attached hydrogens (tertiary/aromatic N) is 4. The number of amides is 2.